The lowest BCUT2D eigenvalue weighted by atomic mass is 9.81. The highest BCUT2D eigenvalue weighted by Gasteiger charge is 2.47. The summed E-state index contributed by atoms with van der Waals surface area (Å²) in [7, 11) is 1.34. The first-order chi connectivity index (χ1) is 9.38. The van der Waals surface area contributed by atoms with E-state index >= 15 is 0 Å². The van der Waals surface area contributed by atoms with Crippen LogP contribution in [0, 0.1) is 5.82 Å². The van der Waals surface area contributed by atoms with Crippen molar-refractivity contribution in [1.82, 2.24) is 0 Å². The Morgan fingerprint density at radius 2 is 2.10 bits per heavy atom. The van der Waals surface area contributed by atoms with Crippen molar-refractivity contribution in [1.29, 1.82) is 0 Å². The van der Waals surface area contributed by atoms with E-state index < -0.39 is 17.1 Å². The minimum Gasteiger partial charge on any atom is -0.467 e. The van der Waals surface area contributed by atoms with Gasteiger partial charge in [0.2, 0.25) is 0 Å². The third kappa shape index (κ3) is 2.93. The summed E-state index contributed by atoms with van der Waals surface area (Å²) in [6.45, 7) is 4.24. The molecule has 5 heteroatoms. The van der Waals surface area contributed by atoms with Crippen molar-refractivity contribution >= 4 is 11.7 Å². The number of anilines is 1. The number of hydrogen-bond donors (Lipinski definition) is 1. The monoisotopic (exact) mass is 281 g/mol. The summed E-state index contributed by atoms with van der Waals surface area (Å²) in [4.78, 5) is 12.2. The molecule has 0 aromatic heterocycles. The van der Waals surface area contributed by atoms with E-state index in [1.807, 2.05) is 13.8 Å². The van der Waals surface area contributed by atoms with E-state index in [1.54, 1.807) is 18.2 Å². The van der Waals surface area contributed by atoms with Crippen LogP contribution < -0.4 is 5.32 Å². The van der Waals surface area contributed by atoms with E-state index in [4.69, 9.17) is 9.47 Å². The van der Waals surface area contributed by atoms with Crippen LogP contribution in [0.1, 0.15) is 26.7 Å². The normalized spacial score (nSPS) is 25.0. The predicted molar refractivity (Wildman–Crippen MR) is 74.0 cm³/mol. The van der Waals surface area contributed by atoms with Gasteiger partial charge in [0.15, 0.2) is 0 Å². The Balaban J connectivity index is 2.33. The molecule has 1 aliphatic rings. The zero-order chi connectivity index (χ0) is 14.8. The quantitative estimate of drug-likeness (QED) is 0.865. The summed E-state index contributed by atoms with van der Waals surface area (Å²) >= 11 is 0. The number of hydrogen-bond acceptors (Lipinski definition) is 4. The van der Waals surface area contributed by atoms with Crippen LogP contribution in [0.5, 0.6) is 0 Å². The summed E-state index contributed by atoms with van der Waals surface area (Å²) < 4.78 is 24.4. The van der Waals surface area contributed by atoms with Crippen LogP contribution in [0.3, 0.4) is 0 Å². The van der Waals surface area contributed by atoms with E-state index in [1.165, 1.54) is 13.2 Å². The lowest BCUT2D eigenvalue weighted by Gasteiger charge is -2.43. The summed E-state index contributed by atoms with van der Waals surface area (Å²) in [6, 6.07) is 6.31. The van der Waals surface area contributed by atoms with Gasteiger partial charge in [0.25, 0.3) is 0 Å². The number of esters is 1. The zero-order valence-electron chi connectivity index (χ0n) is 12.0. The van der Waals surface area contributed by atoms with E-state index in [2.05, 4.69) is 5.32 Å². The third-order valence-electron chi connectivity index (χ3n) is 3.57. The molecule has 0 amide bonds. The average Bonchev–Trinajstić information content (AvgIpc) is 2.39. The van der Waals surface area contributed by atoms with Gasteiger partial charge in [-0.05, 0) is 26.0 Å². The van der Waals surface area contributed by atoms with Crippen molar-refractivity contribution < 1.29 is 18.7 Å². The van der Waals surface area contributed by atoms with Gasteiger partial charge in [0.1, 0.15) is 11.4 Å². The van der Waals surface area contributed by atoms with Crippen molar-refractivity contribution in [3.05, 3.63) is 30.1 Å². The number of methoxy groups -OCH3 is 1. The van der Waals surface area contributed by atoms with Crippen LogP contribution in [0.25, 0.3) is 0 Å². The molecule has 0 bridgehead atoms. The molecule has 0 spiro atoms. The maximum Gasteiger partial charge on any atom is 0.331 e. The first kappa shape index (κ1) is 14.8. The van der Waals surface area contributed by atoms with Crippen LogP contribution in [0.4, 0.5) is 10.1 Å². The zero-order valence-corrected chi connectivity index (χ0v) is 12.0. The molecule has 1 heterocycles. The number of ether oxygens (including phenoxy) is 2. The topological polar surface area (TPSA) is 47.6 Å². The fraction of sp³-hybridized carbons (Fsp3) is 0.533. The van der Waals surface area contributed by atoms with Gasteiger partial charge in [-0.2, -0.15) is 0 Å². The largest absolute Gasteiger partial charge is 0.467 e. The number of carbonyl (C=O) groups is 1. The van der Waals surface area contributed by atoms with Gasteiger partial charge in [-0.25, -0.2) is 9.18 Å². The van der Waals surface area contributed by atoms with Crippen LogP contribution in [-0.4, -0.2) is 30.8 Å². The molecular formula is C15H20FNO3. The van der Waals surface area contributed by atoms with Crippen LogP contribution in [0.15, 0.2) is 24.3 Å². The first-order valence-electron chi connectivity index (χ1n) is 6.64. The maximum atomic E-state index is 13.8. The molecule has 1 aromatic rings. The Morgan fingerprint density at radius 1 is 1.40 bits per heavy atom. The number of carbonyl (C=O) groups excluding carboxylic acids is 1. The molecule has 2 rings (SSSR count). The summed E-state index contributed by atoms with van der Waals surface area (Å²) in [5, 5.41) is 3.04. The van der Waals surface area contributed by atoms with Crippen LogP contribution in [0.2, 0.25) is 0 Å². The molecule has 0 radical (unpaired) electrons. The number of halogens is 1. The lowest BCUT2D eigenvalue weighted by Crippen LogP contribution is -2.56. The van der Waals surface area contributed by atoms with Gasteiger partial charge in [-0.3, -0.25) is 0 Å². The molecule has 110 valence electrons. The highest BCUT2D eigenvalue weighted by Crippen LogP contribution is 2.36. The van der Waals surface area contributed by atoms with Crippen molar-refractivity contribution in [3.63, 3.8) is 0 Å². The van der Waals surface area contributed by atoms with Crippen molar-refractivity contribution in [2.24, 2.45) is 0 Å². The Kier molecular flexibility index (Phi) is 3.99. The second-order valence-electron chi connectivity index (χ2n) is 5.71. The summed E-state index contributed by atoms with van der Waals surface area (Å²) in [6.07, 6.45) is 0.860. The second kappa shape index (κ2) is 5.40. The molecule has 1 unspecified atom stereocenters. The van der Waals surface area contributed by atoms with Crippen molar-refractivity contribution in [3.8, 4) is 0 Å². The third-order valence-corrected chi connectivity index (χ3v) is 3.57. The van der Waals surface area contributed by atoms with Crippen LogP contribution in [-0.2, 0) is 14.3 Å². The van der Waals surface area contributed by atoms with E-state index in [-0.39, 0.29) is 5.82 Å². The molecular weight excluding hydrogens is 261 g/mol. The SMILES string of the molecule is COC(=O)C1(Nc2ccccc2F)CCOC(C)(C)C1. The molecule has 1 fully saturated rings. The van der Waals surface area contributed by atoms with Gasteiger partial charge in [0, 0.05) is 12.8 Å². The second-order valence-corrected chi connectivity index (χ2v) is 5.71. The minimum absolute atomic E-state index is 0.301. The minimum atomic E-state index is -0.960. The standard InChI is InChI=1S/C15H20FNO3/c1-14(2)10-15(8-9-20-14,13(18)19-3)17-12-7-5-4-6-11(12)16/h4-7,17H,8-10H2,1-3H3. The van der Waals surface area contributed by atoms with Crippen molar-refractivity contribution in [2.75, 3.05) is 19.0 Å². The average molecular weight is 281 g/mol. The molecule has 1 aliphatic heterocycles. The highest BCUT2D eigenvalue weighted by atomic mass is 19.1. The number of rotatable bonds is 3. The molecule has 20 heavy (non-hydrogen) atoms. The molecule has 0 aliphatic carbocycles. The van der Waals surface area contributed by atoms with Gasteiger partial charge in [-0.15, -0.1) is 0 Å². The van der Waals surface area contributed by atoms with Gasteiger partial charge >= 0.3 is 5.97 Å². The first-order valence-corrected chi connectivity index (χ1v) is 6.64. The summed E-state index contributed by atoms with van der Waals surface area (Å²) in [5.41, 5.74) is -1.13. The van der Waals surface area contributed by atoms with E-state index in [0.29, 0.717) is 25.1 Å². The Morgan fingerprint density at radius 3 is 2.70 bits per heavy atom. The summed E-state index contributed by atoms with van der Waals surface area (Å²) in [5.74, 6) is -0.780. The molecule has 4 nitrogen and oxygen atoms in total. The molecule has 1 atom stereocenters. The number of para-hydroxylation sites is 1. The van der Waals surface area contributed by atoms with Gasteiger partial charge in [0.05, 0.1) is 25.0 Å². The Hall–Kier alpha value is -1.62. The number of nitrogens with one attached hydrogen (secondary N) is 1. The number of benzene rings is 1. The lowest BCUT2D eigenvalue weighted by molar-refractivity contribution is -0.156. The van der Waals surface area contributed by atoms with E-state index in [0.717, 1.165) is 0 Å². The Bertz CT molecular complexity index is 504. The van der Waals surface area contributed by atoms with Crippen molar-refractivity contribution in [2.45, 2.75) is 37.8 Å². The van der Waals surface area contributed by atoms with E-state index in [9.17, 15) is 9.18 Å². The van der Waals surface area contributed by atoms with Gasteiger partial charge < -0.3 is 14.8 Å². The Labute approximate surface area is 118 Å². The smallest absolute Gasteiger partial charge is 0.331 e. The van der Waals surface area contributed by atoms with Gasteiger partial charge in [-0.1, -0.05) is 12.1 Å². The molecule has 1 aromatic carbocycles. The molecule has 1 saturated heterocycles. The fourth-order valence-electron chi connectivity index (χ4n) is 2.72. The predicted octanol–water partition coefficient (Wildman–Crippen LogP) is 2.74. The fourth-order valence-corrected chi connectivity index (χ4v) is 2.72. The molecule has 1 N–H and O–H groups in total. The maximum absolute atomic E-state index is 13.8. The van der Waals surface area contributed by atoms with Crippen LogP contribution >= 0.6 is 0 Å². The highest BCUT2D eigenvalue weighted by molar-refractivity contribution is 5.85. The molecule has 0 saturated carbocycles.